The van der Waals surface area contributed by atoms with Gasteiger partial charge in [-0.1, -0.05) is 38.1 Å². The second-order valence-electron chi connectivity index (χ2n) is 4.56. The summed E-state index contributed by atoms with van der Waals surface area (Å²) < 4.78 is 0. The van der Waals surface area contributed by atoms with Crippen molar-refractivity contribution in [2.45, 2.75) is 19.3 Å². The Morgan fingerprint density at radius 2 is 1.94 bits per heavy atom. The number of aliphatic hydroxyl groups excluding tert-OH is 1. The van der Waals surface area contributed by atoms with Gasteiger partial charge in [-0.3, -0.25) is 0 Å². The first kappa shape index (κ1) is 10.9. The lowest BCUT2D eigenvalue weighted by molar-refractivity contribution is 0.218. The quantitative estimate of drug-likeness (QED) is 0.827. The molecular formula is C13H16N2O. The normalized spacial score (nSPS) is 11.7. The number of hydrogen-bond acceptors (Lipinski definition) is 2. The van der Waals surface area contributed by atoms with E-state index in [0.717, 1.165) is 17.0 Å². The minimum absolute atomic E-state index is 0.146. The van der Waals surface area contributed by atoms with Crippen molar-refractivity contribution in [1.82, 2.24) is 9.97 Å². The van der Waals surface area contributed by atoms with Crippen molar-refractivity contribution in [2.24, 2.45) is 0 Å². The summed E-state index contributed by atoms with van der Waals surface area (Å²) in [5.74, 6) is 0.869. The van der Waals surface area contributed by atoms with Gasteiger partial charge < -0.3 is 10.1 Å². The van der Waals surface area contributed by atoms with Gasteiger partial charge in [0.05, 0.1) is 6.61 Å². The van der Waals surface area contributed by atoms with E-state index >= 15 is 0 Å². The highest BCUT2D eigenvalue weighted by Crippen LogP contribution is 2.24. The Morgan fingerprint density at radius 3 is 2.44 bits per heavy atom. The van der Waals surface area contributed by atoms with E-state index in [1.54, 1.807) is 12.4 Å². The minimum Gasteiger partial charge on any atom is -0.395 e. The fourth-order valence-electron chi connectivity index (χ4n) is 1.59. The number of benzene rings is 1. The van der Waals surface area contributed by atoms with Crippen molar-refractivity contribution in [1.29, 1.82) is 0 Å². The molecule has 2 N–H and O–H groups in total. The van der Waals surface area contributed by atoms with Crippen LogP contribution in [0, 0.1) is 0 Å². The Morgan fingerprint density at radius 1 is 1.25 bits per heavy atom. The topological polar surface area (TPSA) is 48.9 Å². The van der Waals surface area contributed by atoms with E-state index in [-0.39, 0.29) is 12.0 Å². The maximum Gasteiger partial charge on any atom is 0.137 e. The maximum atomic E-state index is 9.28. The van der Waals surface area contributed by atoms with Crippen LogP contribution >= 0.6 is 0 Å². The predicted octanol–water partition coefficient (Wildman–Crippen LogP) is 2.35. The zero-order chi connectivity index (χ0) is 11.6. The van der Waals surface area contributed by atoms with Gasteiger partial charge in [0.15, 0.2) is 0 Å². The van der Waals surface area contributed by atoms with E-state index in [4.69, 9.17) is 0 Å². The van der Waals surface area contributed by atoms with E-state index in [9.17, 15) is 5.11 Å². The van der Waals surface area contributed by atoms with Gasteiger partial charge in [-0.25, -0.2) is 4.98 Å². The third-order valence-electron chi connectivity index (χ3n) is 2.83. The predicted molar refractivity (Wildman–Crippen MR) is 64.1 cm³/mol. The minimum atomic E-state index is -0.193. The highest BCUT2D eigenvalue weighted by Gasteiger charge is 2.18. The van der Waals surface area contributed by atoms with Crippen molar-refractivity contribution < 1.29 is 5.11 Å². The molecule has 0 bridgehead atoms. The lowest BCUT2D eigenvalue weighted by Crippen LogP contribution is -2.21. The first-order chi connectivity index (χ1) is 7.63. The van der Waals surface area contributed by atoms with Crippen LogP contribution in [-0.2, 0) is 5.41 Å². The first-order valence-electron chi connectivity index (χ1n) is 5.34. The van der Waals surface area contributed by atoms with Gasteiger partial charge in [0.2, 0.25) is 0 Å². The summed E-state index contributed by atoms with van der Waals surface area (Å²) in [6.07, 6.45) is 3.54. The summed E-state index contributed by atoms with van der Waals surface area (Å²) in [6, 6.07) is 8.11. The van der Waals surface area contributed by atoms with Gasteiger partial charge in [0.25, 0.3) is 0 Å². The SMILES string of the molecule is CC(C)(CO)c1ccc(-c2ncc[nH]2)cc1. The molecule has 84 valence electrons. The van der Waals surface area contributed by atoms with Gasteiger partial charge in [0.1, 0.15) is 5.82 Å². The fraction of sp³-hybridized carbons (Fsp3) is 0.308. The van der Waals surface area contributed by atoms with Crippen LogP contribution in [0.4, 0.5) is 0 Å². The highest BCUT2D eigenvalue weighted by atomic mass is 16.3. The molecule has 0 amide bonds. The van der Waals surface area contributed by atoms with E-state index in [1.165, 1.54) is 0 Å². The Balaban J connectivity index is 2.30. The number of imidazole rings is 1. The molecule has 0 aliphatic rings. The number of nitrogens with zero attached hydrogens (tertiary/aromatic N) is 1. The zero-order valence-corrected chi connectivity index (χ0v) is 9.57. The third kappa shape index (κ3) is 1.99. The molecule has 0 aliphatic carbocycles. The maximum absolute atomic E-state index is 9.28. The molecule has 0 aliphatic heterocycles. The van der Waals surface area contributed by atoms with Crippen molar-refractivity contribution in [3.63, 3.8) is 0 Å². The lowest BCUT2D eigenvalue weighted by atomic mass is 9.85. The molecule has 1 aromatic heterocycles. The van der Waals surface area contributed by atoms with Gasteiger partial charge in [-0.05, 0) is 5.56 Å². The molecule has 0 radical (unpaired) electrons. The molecule has 0 unspecified atom stereocenters. The van der Waals surface area contributed by atoms with Crippen LogP contribution in [0.25, 0.3) is 11.4 Å². The van der Waals surface area contributed by atoms with Gasteiger partial charge in [0, 0.05) is 23.4 Å². The van der Waals surface area contributed by atoms with Crippen LogP contribution in [0.1, 0.15) is 19.4 Å². The largest absolute Gasteiger partial charge is 0.395 e. The number of aliphatic hydroxyl groups is 1. The molecular weight excluding hydrogens is 200 g/mol. The zero-order valence-electron chi connectivity index (χ0n) is 9.57. The summed E-state index contributed by atoms with van der Waals surface area (Å²) in [7, 11) is 0. The van der Waals surface area contributed by atoms with Crippen molar-refractivity contribution in [2.75, 3.05) is 6.61 Å². The lowest BCUT2D eigenvalue weighted by Gasteiger charge is -2.22. The fourth-order valence-corrected chi connectivity index (χ4v) is 1.59. The molecule has 1 aromatic carbocycles. The smallest absolute Gasteiger partial charge is 0.137 e. The Bertz CT molecular complexity index is 443. The number of aromatic nitrogens is 2. The molecule has 2 aromatic rings. The number of hydrogen-bond donors (Lipinski definition) is 2. The average Bonchev–Trinajstić information content (AvgIpc) is 2.83. The number of H-pyrrole nitrogens is 1. The molecule has 0 saturated carbocycles. The summed E-state index contributed by atoms with van der Waals surface area (Å²) >= 11 is 0. The molecule has 0 fully saturated rings. The van der Waals surface area contributed by atoms with Gasteiger partial charge >= 0.3 is 0 Å². The molecule has 1 heterocycles. The first-order valence-corrected chi connectivity index (χ1v) is 5.34. The average molecular weight is 216 g/mol. The number of nitrogens with one attached hydrogen (secondary N) is 1. The molecule has 3 heteroatoms. The van der Waals surface area contributed by atoms with E-state index in [2.05, 4.69) is 9.97 Å². The molecule has 3 nitrogen and oxygen atoms in total. The van der Waals surface area contributed by atoms with Crippen molar-refractivity contribution in [3.05, 3.63) is 42.2 Å². The molecule has 16 heavy (non-hydrogen) atoms. The monoisotopic (exact) mass is 216 g/mol. The van der Waals surface area contributed by atoms with Crippen LogP contribution in [0.2, 0.25) is 0 Å². The van der Waals surface area contributed by atoms with E-state index in [0.29, 0.717) is 0 Å². The third-order valence-corrected chi connectivity index (χ3v) is 2.83. The summed E-state index contributed by atoms with van der Waals surface area (Å²) in [4.78, 5) is 7.26. The Labute approximate surface area is 95.2 Å². The van der Waals surface area contributed by atoms with Crippen LogP contribution in [-0.4, -0.2) is 21.7 Å². The van der Waals surface area contributed by atoms with Gasteiger partial charge in [-0.15, -0.1) is 0 Å². The van der Waals surface area contributed by atoms with E-state index in [1.807, 2.05) is 38.1 Å². The standard InChI is InChI=1S/C13H16N2O/c1-13(2,9-16)11-5-3-10(4-6-11)12-14-7-8-15-12/h3-8,16H,9H2,1-2H3,(H,14,15). The second-order valence-corrected chi connectivity index (χ2v) is 4.56. The molecule has 0 spiro atoms. The van der Waals surface area contributed by atoms with Crippen LogP contribution in [0.3, 0.4) is 0 Å². The second kappa shape index (κ2) is 4.10. The summed E-state index contributed by atoms with van der Waals surface area (Å²) in [6.45, 7) is 4.19. The molecule has 0 atom stereocenters. The van der Waals surface area contributed by atoms with Crippen molar-refractivity contribution >= 4 is 0 Å². The van der Waals surface area contributed by atoms with Gasteiger partial charge in [-0.2, -0.15) is 0 Å². The Hall–Kier alpha value is -1.61. The number of aromatic amines is 1. The summed E-state index contributed by atoms with van der Waals surface area (Å²) in [5.41, 5.74) is 2.00. The van der Waals surface area contributed by atoms with E-state index < -0.39 is 0 Å². The van der Waals surface area contributed by atoms with Crippen molar-refractivity contribution in [3.8, 4) is 11.4 Å². The van der Waals surface area contributed by atoms with Crippen LogP contribution < -0.4 is 0 Å². The molecule has 0 saturated heterocycles. The number of rotatable bonds is 3. The highest BCUT2D eigenvalue weighted by molar-refractivity contribution is 5.55. The summed E-state index contributed by atoms with van der Waals surface area (Å²) in [5, 5.41) is 9.28. The van der Waals surface area contributed by atoms with Crippen LogP contribution in [0.15, 0.2) is 36.7 Å². The van der Waals surface area contributed by atoms with Crippen LogP contribution in [0.5, 0.6) is 0 Å². The molecule has 2 rings (SSSR count). The Kier molecular flexibility index (Phi) is 2.79.